The summed E-state index contributed by atoms with van der Waals surface area (Å²) in [6.07, 6.45) is 4.20. The third-order valence-corrected chi connectivity index (χ3v) is 19.3. The van der Waals surface area contributed by atoms with Crippen LogP contribution in [0.3, 0.4) is 0 Å². The van der Waals surface area contributed by atoms with E-state index in [0.717, 1.165) is 47.4 Å². The topological polar surface area (TPSA) is 117 Å². The Hall–Kier alpha value is -2.66. The van der Waals surface area contributed by atoms with Crippen LogP contribution >= 0.6 is 0 Å². The van der Waals surface area contributed by atoms with Gasteiger partial charge in [0.2, 0.25) is 11.8 Å². The van der Waals surface area contributed by atoms with Crippen molar-refractivity contribution in [1.82, 2.24) is 15.5 Å². The fourth-order valence-corrected chi connectivity index (χ4v) is 12.4. The lowest BCUT2D eigenvalue weighted by molar-refractivity contribution is -0.144. The van der Waals surface area contributed by atoms with Gasteiger partial charge in [-0.3, -0.25) is 9.59 Å². The van der Waals surface area contributed by atoms with E-state index in [9.17, 15) is 19.5 Å². The second-order valence-corrected chi connectivity index (χ2v) is 22.0. The summed E-state index contributed by atoms with van der Waals surface area (Å²) in [6, 6.07) is 10.4. The van der Waals surface area contributed by atoms with Gasteiger partial charge < -0.3 is 29.5 Å². The first-order chi connectivity index (χ1) is 20.7. The molecule has 246 valence electrons. The zero-order valence-electron chi connectivity index (χ0n) is 28.3. The maximum Gasteiger partial charge on any atom is 0.405 e. The molecule has 1 aliphatic rings. The van der Waals surface area contributed by atoms with E-state index >= 15 is 0 Å². The molecule has 1 saturated heterocycles. The summed E-state index contributed by atoms with van der Waals surface area (Å²) >= 11 is 0. The Bertz CT molecular complexity index is 1140. The summed E-state index contributed by atoms with van der Waals surface area (Å²) in [5, 5.41) is 15.4. The second kappa shape index (κ2) is 16.1. The van der Waals surface area contributed by atoms with Gasteiger partial charge in [-0.25, -0.2) is 4.79 Å². The number of terminal acetylenes is 1. The highest BCUT2D eigenvalue weighted by atomic mass is 28.4. The number of nitrogens with one attached hydrogen (secondary N) is 2. The lowest BCUT2D eigenvalue weighted by atomic mass is 9.97. The largest absolute Gasteiger partial charge is 0.465 e. The molecule has 1 aromatic rings. The van der Waals surface area contributed by atoms with Crippen LogP contribution in [0, 0.1) is 12.3 Å². The molecule has 0 bridgehead atoms. The molecule has 9 nitrogen and oxygen atoms in total. The lowest BCUT2D eigenvalue weighted by Gasteiger charge is -2.43. The Balaban J connectivity index is 2.48. The fraction of sp³-hybridized carbons (Fsp3) is 0.667. The molecule has 1 aromatic carbocycles. The number of likely N-dealkylation sites (tertiary alicyclic amines) is 1. The molecule has 2 rings (SSSR count). The van der Waals surface area contributed by atoms with Gasteiger partial charge in [-0.15, -0.1) is 6.42 Å². The number of hydrogen-bond donors (Lipinski definition) is 3. The van der Waals surface area contributed by atoms with Gasteiger partial charge in [-0.2, -0.15) is 0 Å². The number of carbonyl (C=O) groups excluding carboxylic acids is 2. The monoisotopic (exact) mass is 645 g/mol. The molecule has 2 unspecified atom stereocenters. The van der Waals surface area contributed by atoms with E-state index < -0.39 is 46.3 Å². The molecule has 0 saturated carbocycles. The van der Waals surface area contributed by atoms with Crippen LogP contribution in [0.25, 0.3) is 0 Å². The van der Waals surface area contributed by atoms with Crippen LogP contribution in [0.4, 0.5) is 4.79 Å². The molecule has 4 atom stereocenters. The molecule has 3 amide bonds. The van der Waals surface area contributed by atoms with Crippen LogP contribution in [-0.2, 0) is 18.4 Å². The smallest absolute Gasteiger partial charge is 0.405 e. The van der Waals surface area contributed by atoms with Crippen LogP contribution < -0.4 is 10.6 Å². The Morgan fingerprint density at radius 3 is 1.95 bits per heavy atom. The molecule has 0 aromatic heterocycles. The first-order valence-electron chi connectivity index (χ1n) is 16.2. The van der Waals surface area contributed by atoms with Gasteiger partial charge in [0.15, 0.2) is 16.6 Å². The maximum absolute atomic E-state index is 14.4. The van der Waals surface area contributed by atoms with E-state index in [1.807, 2.05) is 31.2 Å². The van der Waals surface area contributed by atoms with E-state index in [4.69, 9.17) is 15.3 Å². The van der Waals surface area contributed by atoms with Gasteiger partial charge in [0.1, 0.15) is 12.1 Å². The van der Waals surface area contributed by atoms with E-state index in [1.54, 1.807) is 13.8 Å². The molecular weight excluding hydrogens is 591 g/mol. The standard InChI is InChI=1S/C33H55N3O6Si2/c1-11-25-18-20-26(21-19-25)24(8)34-30(37)28-22-27(41-43(12-2,13-3)14-4)23-36(28)31(38)29(35-32(39)40)33(9,10)42-44(15-5,16-6)17-7/h1,18-21,24,27-29,35H,12-17,22-23H2,2-10H3,(H,34,37)(H,39,40)/t24?,27-,28+,29?/m1/s1. The predicted molar refractivity (Wildman–Crippen MR) is 180 cm³/mol. The minimum absolute atomic E-state index is 0.211. The number of carboxylic acid groups (broad SMARTS) is 1. The Labute approximate surface area is 267 Å². The van der Waals surface area contributed by atoms with Crippen molar-refractivity contribution in [2.24, 2.45) is 0 Å². The predicted octanol–water partition coefficient (Wildman–Crippen LogP) is 6.27. The summed E-state index contributed by atoms with van der Waals surface area (Å²) in [5.41, 5.74) is 0.499. The normalized spacial score (nSPS) is 18.8. The molecule has 0 aliphatic carbocycles. The van der Waals surface area contributed by atoms with Crippen molar-refractivity contribution in [1.29, 1.82) is 0 Å². The van der Waals surface area contributed by atoms with Crippen molar-refractivity contribution >= 4 is 34.5 Å². The summed E-state index contributed by atoms with van der Waals surface area (Å²) in [7, 11) is -4.29. The molecule has 11 heteroatoms. The first kappa shape index (κ1) is 37.5. The van der Waals surface area contributed by atoms with E-state index in [0.29, 0.717) is 6.42 Å². The third kappa shape index (κ3) is 8.96. The fourth-order valence-electron chi connectivity index (χ4n) is 6.40. The second-order valence-electron chi connectivity index (χ2n) is 12.6. The minimum Gasteiger partial charge on any atom is -0.465 e. The highest BCUT2D eigenvalue weighted by Gasteiger charge is 2.50. The highest BCUT2D eigenvalue weighted by molar-refractivity contribution is 6.74. The molecule has 1 aliphatic heterocycles. The Morgan fingerprint density at radius 2 is 1.50 bits per heavy atom. The number of benzene rings is 1. The number of rotatable bonds is 16. The van der Waals surface area contributed by atoms with Crippen molar-refractivity contribution in [3.63, 3.8) is 0 Å². The van der Waals surface area contributed by atoms with Crippen molar-refractivity contribution in [2.45, 2.75) is 135 Å². The summed E-state index contributed by atoms with van der Waals surface area (Å²) in [5.74, 6) is 1.82. The van der Waals surface area contributed by atoms with Crippen molar-refractivity contribution in [3.8, 4) is 12.3 Å². The highest BCUT2D eigenvalue weighted by Crippen LogP contribution is 2.34. The quantitative estimate of drug-likeness (QED) is 0.144. The lowest BCUT2D eigenvalue weighted by Crippen LogP contribution is -2.63. The molecular formula is C33H55N3O6Si2. The third-order valence-electron chi connectivity index (χ3n) is 9.76. The summed E-state index contributed by atoms with van der Waals surface area (Å²) < 4.78 is 13.5. The number of nitrogens with zero attached hydrogens (tertiary/aromatic N) is 1. The van der Waals surface area contributed by atoms with Gasteiger partial charge >= 0.3 is 6.09 Å². The Kier molecular flexibility index (Phi) is 13.7. The maximum atomic E-state index is 14.4. The number of amides is 3. The molecule has 0 radical (unpaired) electrons. The minimum atomic E-state index is -2.23. The van der Waals surface area contributed by atoms with Crippen LogP contribution in [0.2, 0.25) is 36.3 Å². The van der Waals surface area contributed by atoms with Gasteiger partial charge in [-0.1, -0.05) is 59.6 Å². The SMILES string of the molecule is C#Cc1ccc(C(C)NC(=O)[C@@H]2C[C@@H](O[Si](CC)(CC)CC)CN2C(=O)C(NC(=O)O)C(C)(C)O[Si](CC)(CC)CC)cc1. The van der Waals surface area contributed by atoms with E-state index in [-0.39, 0.29) is 24.6 Å². The van der Waals surface area contributed by atoms with Gasteiger partial charge in [0.25, 0.3) is 0 Å². The van der Waals surface area contributed by atoms with Crippen LogP contribution in [0.5, 0.6) is 0 Å². The van der Waals surface area contributed by atoms with E-state index in [2.05, 4.69) is 58.1 Å². The van der Waals surface area contributed by atoms with Crippen LogP contribution in [-0.4, -0.2) is 74.9 Å². The van der Waals surface area contributed by atoms with Crippen molar-refractivity contribution in [2.75, 3.05) is 6.54 Å². The van der Waals surface area contributed by atoms with E-state index in [1.165, 1.54) is 4.90 Å². The number of carbonyl (C=O) groups is 3. The molecule has 1 heterocycles. The molecule has 44 heavy (non-hydrogen) atoms. The van der Waals surface area contributed by atoms with Gasteiger partial charge in [-0.05, 0) is 74.7 Å². The first-order valence-corrected chi connectivity index (χ1v) is 21.3. The molecule has 1 fully saturated rings. The van der Waals surface area contributed by atoms with Crippen molar-refractivity contribution < 1.29 is 28.3 Å². The Morgan fingerprint density at radius 1 is 0.977 bits per heavy atom. The molecule has 0 spiro atoms. The summed E-state index contributed by atoms with van der Waals surface area (Å²) in [6.45, 7) is 18.4. The van der Waals surface area contributed by atoms with Crippen LogP contribution in [0.1, 0.15) is 85.9 Å². The van der Waals surface area contributed by atoms with Gasteiger partial charge in [0.05, 0.1) is 17.7 Å². The zero-order chi connectivity index (χ0) is 33.3. The summed E-state index contributed by atoms with van der Waals surface area (Å²) in [4.78, 5) is 41.9. The number of hydrogen-bond acceptors (Lipinski definition) is 5. The molecule has 3 N–H and O–H groups in total. The van der Waals surface area contributed by atoms with Crippen LogP contribution in [0.15, 0.2) is 24.3 Å². The van der Waals surface area contributed by atoms with Gasteiger partial charge in [0, 0.05) is 18.5 Å². The average molecular weight is 646 g/mol. The zero-order valence-corrected chi connectivity index (χ0v) is 30.3. The average Bonchev–Trinajstić information content (AvgIpc) is 3.44. The van der Waals surface area contributed by atoms with Crippen molar-refractivity contribution in [3.05, 3.63) is 35.4 Å².